The molecule has 0 aromatic heterocycles. The molecule has 2 aromatic carbocycles. The molecule has 0 atom stereocenters. The van der Waals surface area contributed by atoms with E-state index < -0.39 is 5.41 Å². The predicted molar refractivity (Wildman–Crippen MR) is 101 cm³/mol. The fourth-order valence-corrected chi connectivity index (χ4v) is 3.07. The molecule has 136 valence electrons. The Kier molecular flexibility index (Phi) is 5.38. The van der Waals surface area contributed by atoms with Crippen LogP contribution in [0.25, 0.3) is 0 Å². The zero-order chi connectivity index (χ0) is 18.6. The summed E-state index contributed by atoms with van der Waals surface area (Å²) in [6, 6.07) is 15.0. The van der Waals surface area contributed by atoms with E-state index in [2.05, 4.69) is 10.6 Å². The minimum absolute atomic E-state index is 0.0473. The highest BCUT2D eigenvalue weighted by molar-refractivity contribution is 6.04. The van der Waals surface area contributed by atoms with Crippen LogP contribution in [0.4, 0.5) is 5.69 Å². The van der Waals surface area contributed by atoms with Gasteiger partial charge in [-0.05, 0) is 49.6 Å². The van der Waals surface area contributed by atoms with Crippen molar-refractivity contribution in [2.24, 2.45) is 0 Å². The number of hydrogen-bond acceptors (Lipinski definition) is 3. The van der Waals surface area contributed by atoms with Gasteiger partial charge < -0.3 is 15.4 Å². The molecule has 0 spiro atoms. The van der Waals surface area contributed by atoms with Crippen LogP contribution in [-0.4, -0.2) is 32.1 Å². The Balaban J connectivity index is 1.65. The third kappa shape index (κ3) is 3.94. The second kappa shape index (κ2) is 7.70. The highest BCUT2D eigenvalue weighted by atomic mass is 16.5. The Hall–Kier alpha value is -2.66. The first kappa shape index (κ1) is 18.1. The monoisotopic (exact) mass is 352 g/mol. The number of hydrogen-bond donors (Lipinski definition) is 2. The van der Waals surface area contributed by atoms with Crippen molar-refractivity contribution >= 4 is 17.5 Å². The maximum absolute atomic E-state index is 12.4. The highest BCUT2D eigenvalue weighted by Crippen LogP contribution is 2.48. The Morgan fingerprint density at radius 1 is 1.12 bits per heavy atom. The van der Waals surface area contributed by atoms with Crippen molar-refractivity contribution in [1.29, 1.82) is 0 Å². The van der Waals surface area contributed by atoms with Crippen LogP contribution >= 0.6 is 0 Å². The first-order valence-corrected chi connectivity index (χ1v) is 8.81. The zero-order valence-electron chi connectivity index (χ0n) is 15.2. The van der Waals surface area contributed by atoms with Crippen LogP contribution in [0.15, 0.2) is 48.5 Å². The van der Waals surface area contributed by atoms with E-state index in [9.17, 15) is 9.59 Å². The lowest BCUT2D eigenvalue weighted by Crippen LogP contribution is -2.36. The number of carbonyl (C=O) groups is 2. The lowest BCUT2D eigenvalue weighted by atomic mass is 9.94. The molecule has 1 aliphatic rings. The molecule has 5 heteroatoms. The molecule has 3 rings (SSSR count). The van der Waals surface area contributed by atoms with Gasteiger partial charge in [-0.25, -0.2) is 0 Å². The molecule has 2 amide bonds. The summed E-state index contributed by atoms with van der Waals surface area (Å²) in [6.45, 7) is 2.98. The Labute approximate surface area is 153 Å². The third-order valence-corrected chi connectivity index (χ3v) is 4.75. The fourth-order valence-electron chi connectivity index (χ4n) is 3.07. The van der Waals surface area contributed by atoms with Gasteiger partial charge in [-0.2, -0.15) is 0 Å². The molecule has 26 heavy (non-hydrogen) atoms. The first-order valence-electron chi connectivity index (χ1n) is 8.81. The van der Waals surface area contributed by atoms with Gasteiger partial charge in [-0.1, -0.05) is 29.8 Å². The van der Waals surface area contributed by atoms with Gasteiger partial charge in [0.05, 0.1) is 12.0 Å². The van der Waals surface area contributed by atoms with Crippen LogP contribution in [0.3, 0.4) is 0 Å². The Bertz CT molecular complexity index is 795. The molecule has 0 radical (unpaired) electrons. The van der Waals surface area contributed by atoms with E-state index in [1.165, 1.54) is 0 Å². The van der Waals surface area contributed by atoms with E-state index in [1.54, 1.807) is 13.2 Å². The van der Waals surface area contributed by atoms with Gasteiger partial charge in [0.25, 0.3) is 5.91 Å². The first-order chi connectivity index (χ1) is 12.5. The minimum atomic E-state index is -0.424. The number of nitrogens with one attached hydrogen (secondary N) is 2. The zero-order valence-corrected chi connectivity index (χ0v) is 15.2. The van der Waals surface area contributed by atoms with E-state index in [-0.39, 0.29) is 11.8 Å². The summed E-state index contributed by atoms with van der Waals surface area (Å²) in [5.41, 5.74) is 2.96. The number of benzene rings is 2. The summed E-state index contributed by atoms with van der Waals surface area (Å²) in [5.74, 6) is -0.0917. The lowest BCUT2D eigenvalue weighted by molar-refractivity contribution is -0.123. The number of carbonyl (C=O) groups excluding carboxylic acids is 2. The van der Waals surface area contributed by atoms with Crippen molar-refractivity contribution in [3.8, 4) is 0 Å². The fraction of sp³-hybridized carbons (Fsp3) is 0.333. The maximum Gasteiger partial charge on any atom is 0.255 e. The van der Waals surface area contributed by atoms with Gasteiger partial charge in [0.2, 0.25) is 5.91 Å². The van der Waals surface area contributed by atoms with E-state index >= 15 is 0 Å². The van der Waals surface area contributed by atoms with E-state index in [1.807, 2.05) is 49.4 Å². The van der Waals surface area contributed by atoms with Crippen molar-refractivity contribution in [2.75, 3.05) is 25.6 Å². The SMILES string of the molecule is COCCNC(=O)C1(c2ccc(NC(=O)c3cccc(C)c3)cc2)CC1. The highest BCUT2D eigenvalue weighted by Gasteiger charge is 2.50. The number of rotatable bonds is 7. The quantitative estimate of drug-likeness (QED) is 0.753. The van der Waals surface area contributed by atoms with Gasteiger partial charge in [0, 0.05) is 24.9 Å². The van der Waals surface area contributed by atoms with Crippen LogP contribution in [0, 0.1) is 6.92 Å². The Morgan fingerprint density at radius 3 is 2.46 bits per heavy atom. The second-order valence-electron chi connectivity index (χ2n) is 6.73. The molecule has 0 heterocycles. The Morgan fingerprint density at radius 2 is 1.85 bits per heavy atom. The summed E-state index contributed by atoms with van der Waals surface area (Å²) in [6.07, 6.45) is 1.70. The molecule has 2 aromatic rings. The molecule has 0 aliphatic heterocycles. The largest absolute Gasteiger partial charge is 0.383 e. The van der Waals surface area contributed by atoms with Crippen LogP contribution < -0.4 is 10.6 Å². The molecule has 2 N–H and O–H groups in total. The van der Waals surface area contributed by atoms with Crippen molar-refractivity contribution in [3.05, 3.63) is 65.2 Å². The molecule has 1 saturated carbocycles. The summed E-state index contributed by atoms with van der Waals surface area (Å²) in [4.78, 5) is 24.8. The number of aryl methyl sites for hydroxylation is 1. The molecule has 1 fully saturated rings. The molecule has 1 aliphatic carbocycles. The van der Waals surface area contributed by atoms with Crippen molar-refractivity contribution in [3.63, 3.8) is 0 Å². The van der Waals surface area contributed by atoms with Crippen LogP contribution in [0.1, 0.15) is 34.3 Å². The molecule has 0 bridgehead atoms. The summed E-state index contributed by atoms with van der Waals surface area (Å²) < 4.78 is 4.97. The van der Waals surface area contributed by atoms with Crippen LogP contribution in [0.5, 0.6) is 0 Å². The molecular formula is C21H24N2O3. The number of anilines is 1. The normalized spacial score (nSPS) is 14.5. The number of ether oxygens (including phenoxy) is 1. The van der Waals surface area contributed by atoms with E-state index in [0.717, 1.165) is 29.7 Å². The molecular weight excluding hydrogens is 328 g/mol. The smallest absolute Gasteiger partial charge is 0.255 e. The van der Waals surface area contributed by atoms with Gasteiger partial charge in [-0.15, -0.1) is 0 Å². The summed E-state index contributed by atoms with van der Waals surface area (Å²) in [5, 5.41) is 5.82. The van der Waals surface area contributed by atoms with E-state index in [0.29, 0.717) is 18.7 Å². The van der Waals surface area contributed by atoms with Crippen LogP contribution in [-0.2, 0) is 14.9 Å². The average molecular weight is 352 g/mol. The van der Waals surface area contributed by atoms with Gasteiger partial charge in [-0.3, -0.25) is 9.59 Å². The summed E-state index contributed by atoms with van der Waals surface area (Å²) >= 11 is 0. The number of methoxy groups -OCH3 is 1. The topological polar surface area (TPSA) is 67.4 Å². The van der Waals surface area contributed by atoms with Crippen LogP contribution in [0.2, 0.25) is 0 Å². The lowest BCUT2D eigenvalue weighted by Gasteiger charge is -2.16. The number of amides is 2. The molecule has 0 saturated heterocycles. The minimum Gasteiger partial charge on any atom is -0.383 e. The van der Waals surface area contributed by atoms with Gasteiger partial charge in [0.15, 0.2) is 0 Å². The van der Waals surface area contributed by atoms with Crippen molar-refractivity contribution in [2.45, 2.75) is 25.2 Å². The van der Waals surface area contributed by atoms with Crippen molar-refractivity contribution < 1.29 is 14.3 Å². The molecule has 0 unspecified atom stereocenters. The maximum atomic E-state index is 12.4. The van der Waals surface area contributed by atoms with Gasteiger partial charge >= 0.3 is 0 Å². The van der Waals surface area contributed by atoms with E-state index in [4.69, 9.17) is 4.74 Å². The van der Waals surface area contributed by atoms with Crippen molar-refractivity contribution in [1.82, 2.24) is 5.32 Å². The average Bonchev–Trinajstić information content (AvgIpc) is 3.44. The standard InChI is InChI=1S/C21H24N2O3/c1-15-4-3-5-16(14-15)19(24)23-18-8-6-17(7-9-18)21(10-11-21)20(25)22-12-13-26-2/h3-9,14H,10-13H2,1-2H3,(H,22,25)(H,23,24). The summed E-state index contributed by atoms with van der Waals surface area (Å²) in [7, 11) is 1.61. The van der Waals surface area contributed by atoms with Gasteiger partial charge in [0.1, 0.15) is 0 Å². The second-order valence-corrected chi connectivity index (χ2v) is 6.73. The molecule has 5 nitrogen and oxygen atoms in total. The third-order valence-electron chi connectivity index (χ3n) is 4.75. The predicted octanol–water partition coefficient (Wildman–Crippen LogP) is 3.04.